The number of carboxylic acids is 1. The van der Waals surface area contributed by atoms with Gasteiger partial charge in [-0.15, -0.1) is 12.3 Å². The fraction of sp³-hybridized carbons (Fsp3) is 0.692. The maximum atomic E-state index is 11.6. The lowest BCUT2D eigenvalue weighted by Crippen LogP contribution is -2.41. The van der Waals surface area contributed by atoms with Crippen molar-refractivity contribution in [1.82, 2.24) is 5.32 Å². The van der Waals surface area contributed by atoms with Crippen molar-refractivity contribution in [3.63, 3.8) is 0 Å². The Hall–Kier alpha value is -1.50. The van der Waals surface area contributed by atoms with E-state index in [0.29, 0.717) is 6.42 Å². The normalized spacial score (nSPS) is 14.5. The summed E-state index contributed by atoms with van der Waals surface area (Å²) in [5.74, 6) is 1.05. The number of carbonyl (C=O) groups excluding carboxylic acids is 1. The van der Waals surface area contributed by atoms with Crippen LogP contribution in [0.25, 0.3) is 0 Å². The van der Waals surface area contributed by atoms with E-state index in [4.69, 9.17) is 11.5 Å². The third-order valence-corrected chi connectivity index (χ3v) is 2.93. The van der Waals surface area contributed by atoms with Gasteiger partial charge < -0.3 is 10.4 Å². The fourth-order valence-corrected chi connectivity index (χ4v) is 1.16. The molecule has 0 bridgehead atoms. The second-order valence-electron chi connectivity index (χ2n) is 5.34. The van der Waals surface area contributed by atoms with Gasteiger partial charge in [0.05, 0.1) is 0 Å². The second-order valence-corrected chi connectivity index (χ2v) is 5.34. The molecule has 4 heteroatoms. The van der Waals surface area contributed by atoms with Gasteiger partial charge in [-0.05, 0) is 11.3 Å². The summed E-state index contributed by atoms with van der Waals surface area (Å²) in [5, 5.41) is 11.3. The first-order chi connectivity index (χ1) is 7.68. The molecule has 0 aliphatic rings. The number of rotatable bonds is 5. The van der Waals surface area contributed by atoms with Gasteiger partial charge in [-0.25, -0.2) is 4.79 Å². The Kier molecular flexibility index (Phi) is 5.73. The molecular formula is C13H21NO3. The molecule has 0 aromatic heterocycles. The highest BCUT2D eigenvalue weighted by Crippen LogP contribution is 2.27. The van der Waals surface area contributed by atoms with Crippen molar-refractivity contribution >= 4 is 11.9 Å². The Bertz CT molecular complexity index is 323. The Morgan fingerprint density at radius 1 is 1.41 bits per heavy atom. The minimum atomic E-state index is -1.10. The smallest absolute Gasteiger partial charge is 0.327 e. The van der Waals surface area contributed by atoms with Crippen LogP contribution >= 0.6 is 0 Å². The minimum Gasteiger partial charge on any atom is -0.480 e. The van der Waals surface area contributed by atoms with Crippen LogP contribution in [0.5, 0.6) is 0 Å². The zero-order valence-electron chi connectivity index (χ0n) is 10.9. The molecule has 2 N–H and O–H groups in total. The van der Waals surface area contributed by atoms with Crippen molar-refractivity contribution in [3.8, 4) is 12.3 Å². The molecule has 0 aliphatic heterocycles. The highest BCUT2D eigenvalue weighted by Gasteiger charge is 2.25. The molecule has 0 saturated carbocycles. The maximum absolute atomic E-state index is 11.6. The molecule has 0 aliphatic carbocycles. The first-order valence-corrected chi connectivity index (χ1v) is 5.64. The summed E-state index contributed by atoms with van der Waals surface area (Å²) in [7, 11) is 0. The third-order valence-electron chi connectivity index (χ3n) is 2.93. The lowest BCUT2D eigenvalue weighted by Gasteiger charge is -2.27. The van der Waals surface area contributed by atoms with Crippen LogP contribution in [0.2, 0.25) is 0 Å². The van der Waals surface area contributed by atoms with Gasteiger partial charge in [-0.3, -0.25) is 4.79 Å². The number of carbonyl (C=O) groups is 2. The fourth-order valence-electron chi connectivity index (χ4n) is 1.16. The minimum absolute atomic E-state index is 0.00493. The van der Waals surface area contributed by atoms with E-state index in [1.54, 1.807) is 0 Å². The summed E-state index contributed by atoms with van der Waals surface area (Å²) in [6.45, 7) is 8.10. The van der Waals surface area contributed by atoms with E-state index in [2.05, 4.69) is 11.2 Å². The monoisotopic (exact) mass is 239 g/mol. The molecule has 0 spiro atoms. The van der Waals surface area contributed by atoms with Gasteiger partial charge in [0.1, 0.15) is 6.04 Å². The summed E-state index contributed by atoms with van der Waals surface area (Å²) in [6.07, 6.45) is 5.36. The lowest BCUT2D eigenvalue weighted by molar-refractivity contribution is -0.141. The Morgan fingerprint density at radius 2 is 1.94 bits per heavy atom. The first-order valence-electron chi connectivity index (χ1n) is 5.64. The van der Waals surface area contributed by atoms with Gasteiger partial charge in [0, 0.05) is 12.8 Å². The highest BCUT2D eigenvalue weighted by atomic mass is 16.4. The van der Waals surface area contributed by atoms with Crippen molar-refractivity contribution in [2.24, 2.45) is 11.3 Å². The first kappa shape index (κ1) is 15.5. The van der Waals surface area contributed by atoms with Crippen molar-refractivity contribution in [2.75, 3.05) is 0 Å². The predicted octanol–water partition coefficient (Wildman–Crippen LogP) is 1.65. The van der Waals surface area contributed by atoms with E-state index in [9.17, 15) is 9.59 Å². The quantitative estimate of drug-likeness (QED) is 0.717. The van der Waals surface area contributed by atoms with Crippen molar-refractivity contribution < 1.29 is 14.7 Å². The molecule has 0 rings (SSSR count). The molecule has 0 aromatic rings. The second kappa shape index (κ2) is 6.29. The van der Waals surface area contributed by atoms with Gasteiger partial charge >= 0.3 is 5.97 Å². The number of amides is 1. The predicted molar refractivity (Wildman–Crippen MR) is 66.3 cm³/mol. The highest BCUT2D eigenvalue weighted by molar-refractivity contribution is 5.83. The number of aliphatic carboxylic acids is 1. The third kappa shape index (κ3) is 5.96. The van der Waals surface area contributed by atoms with Crippen LogP contribution < -0.4 is 5.32 Å². The molecule has 0 radical (unpaired) electrons. The van der Waals surface area contributed by atoms with Crippen molar-refractivity contribution in [3.05, 3.63) is 0 Å². The van der Waals surface area contributed by atoms with Gasteiger partial charge in [0.2, 0.25) is 5.91 Å². The molecule has 0 fully saturated rings. The molecule has 17 heavy (non-hydrogen) atoms. The van der Waals surface area contributed by atoms with E-state index in [0.717, 1.165) is 0 Å². The van der Waals surface area contributed by atoms with E-state index >= 15 is 0 Å². The summed E-state index contributed by atoms with van der Waals surface area (Å²) < 4.78 is 0. The summed E-state index contributed by atoms with van der Waals surface area (Å²) in [5.41, 5.74) is 0.0160. The van der Waals surface area contributed by atoms with Gasteiger partial charge in [-0.2, -0.15) is 0 Å². The van der Waals surface area contributed by atoms with Gasteiger partial charge in [0.25, 0.3) is 0 Å². The molecule has 0 heterocycles. The molecule has 2 unspecified atom stereocenters. The molecule has 2 atom stereocenters. The number of hydrogen-bond acceptors (Lipinski definition) is 2. The molecular weight excluding hydrogens is 218 g/mol. The molecule has 1 amide bonds. The van der Waals surface area contributed by atoms with Crippen LogP contribution in [0.1, 0.15) is 40.5 Å². The lowest BCUT2D eigenvalue weighted by atomic mass is 9.80. The maximum Gasteiger partial charge on any atom is 0.327 e. The van der Waals surface area contributed by atoms with E-state index < -0.39 is 12.0 Å². The Labute approximate surface area is 103 Å². The van der Waals surface area contributed by atoms with Crippen LogP contribution in [0.15, 0.2) is 0 Å². The zero-order chi connectivity index (χ0) is 13.6. The summed E-state index contributed by atoms with van der Waals surface area (Å²) in [6, 6.07) is -0.986. The molecule has 0 aromatic carbocycles. The number of nitrogens with one attached hydrogen (secondary N) is 1. The number of carboxylic acid groups (broad SMARTS) is 1. The van der Waals surface area contributed by atoms with Crippen molar-refractivity contribution in [1.29, 1.82) is 0 Å². The van der Waals surface area contributed by atoms with Crippen LogP contribution in [-0.2, 0) is 9.59 Å². The number of hydrogen-bond donors (Lipinski definition) is 2. The van der Waals surface area contributed by atoms with E-state index in [-0.39, 0.29) is 23.7 Å². The van der Waals surface area contributed by atoms with Crippen LogP contribution in [-0.4, -0.2) is 23.0 Å². The summed E-state index contributed by atoms with van der Waals surface area (Å²) in [4.78, 5) is 22.4. The Balaban J connectivity index is 4.35. The molecule has 4 nitrogen and oxygen atoms in total. The topological polar surface area (TPSA) is 66.4 Å². The van der Waals surface area contributed by atoms with E-state index in [1.807, 2.05) is 27.7 Å². The zero-order valence-corrected chi connectivity index (χ0v) is 10.9. The average molecular weight is 239 g/mol. The SMILES string of the molecule is C#CCC(NC(=O)CC(C)C(C)(C)C)C(=O)O. The average Bonchev–Trinajstić information content (AvgIpc) is 2.15. The largest absolute Gasteiger partial charge is 0.480 e. The van der Waals surface area contributed by atoms with Crippen LogP contribution in [0.4, 0.5) is 0 Å². The Morgan fingerprint density at radius 3 is 2.29 bits per heavy atom. The van der Waals surface area contributed by atoms with Gasteiger partial charge in [0.15, 0.2) is 0 Å². The van der Waals surface area contributed by atoms with E-state index in [1.165, 1.54) is 0 Å². The standard InChI is InChI=1S/C13H21NO3/c1-6-7-10(12(16)17)14-11(15)8-9(2)13(3,4)5/h1,9-10H,7-8H2,2-5H3,(H,14,15)(H,16,17). The van der Waals surface area contributed by atoms with Gasteiger partial charge in [-0.1, -0.05) is 27.7 Å². The van der Waals surface area contributed by atoms with Crippen LogP contribution in [0.3, 0.4) is 0 Å². The van der Waals surface area contributed by atoms with Crippen molar-refractivity contribution in [2.45, 2.75) is 46.6 Å². The molecule has 0 saturated heterocycles. The molecule has 96 valence electrons. The van der Waals surface area contributed by atoms with Crippen LogP contribution in [0, 0.1) is 23.7 Å². The number of terminal acetylenes is 1. The summed E-state index contributed by atoms with van der Waals surface area (Å²) >= 11 is 0.